The van der Waals surface area contributed by atoms with Gasteiger partial charge in [0.2, 0.25) is 0 Å². The van der Waals surface area contributed by atoms with E-state index in [1.54, 1.807) is 13.8 Å². The monoisotopic (exact) mass is 330 g/mol. The van der Waals surface area contributed by atoms with E-state index < -0.39 is 30.0 Å². The molecule has 0 aromatic heterocycles. The molecular weight excluding hydrogens is 308 g/mol. The van der Waals surface area contributed by atoms with E-state index in [9.17, 15) is 19.5 Å². The minimum Gasteiger partial charge on any atom is -0.480 e. The zero-order chi connectivity index (χ0) is 17.9. The van der Waals surface area contributed by atoms with Crippen LogP contribution in [0.5, 0.6) is 0 Å². The normalized spacial score (nSPS) is 19.0. The van der Waals surface area contributed by atoms with Gasteiger partial charge in [-0.25, -0.2) is 14.5 Å². The average molecular weight is 330 g/mol. The summed E-state index contributed by atoms with van der Waals surface area (Å²) in [6.07, 6.45) is 1.89. The van der Waals surface area contributed by atoms with E-state index in [-0.39, 0.29) is 12.5 Å². The van der Waals surface area contributed by atoms with Gasteiger partial charge in [0.25, 0.3) is 5.91 Å². The van der Waals surface area contributed by atoms with Crippen LogP contribution >= 0.6 is 0 Å². The van der Waals surface area contributed by atoms with Gasteiger partial charge in [0.05, 0.1) is 0 Å². The zero-order valence-electron chi connectivity index (χ0n) is 13.9. The second kappa shape index (κ2) is 7.29. The Morgan fingerprint density at radius 3 is 2.42 bits per heavy atom. The van der Waals surface area contributed by atoms with Crippen molar-refractivity contribution in [1.82, 2.24) is 9.80 Å². The first-order valence-corrected chi connectivity index (χ1v) is 7.89. The van der Waals surface area contributed by atoms with Crippen molar-refractivity contribution in [3.05, 3.63) is 48.6 Å². The van der Waals surface area contributed by atoms with Crippen molar-refractivity contribution in [3.63, 3.8) is 0 Å². The molecule has 1 aromatic rings. The Morgan fingerprint density at radius 2 is 1.92 bits per heavy atom. The van der Waals surface area contributed by atoms with Gasteiger partial charge in [0.1, 0.15) is 12.1 Å². The van der Waals surface area contributed by atoms with Crippen molar-refractivity contribution >= 4 is 17.9 Å². The molecule has 1 N–H and O–H groups in total. The van der Waals surface area contributed by atoms with Crippen LogP contribution in [0.2, 0.25) is 0 Å². The molecular formula is C18H22N2O4. The number of carbonyl (C=O) groups excluding carboxylic acids is 2. The Bertz CT molecular complexity index is 642. The van der Waals surface area contributed by atoms with E-state index in [1.165, 1.54) is 11.0 Å². The molecule has 2 atom stereocenters. The van der Waals surface area contributed by atoms with Gasteiger partial charge in [-0.1, -0.05) is 50.3 Å². The second-order valence-electron chi connectivity index (χ2n) is 6.16. The van der Waals surface area contributed by atoms with Crippen LogP contribution in [0.4, 0.5) is 4.79 Å². The summed E-state index contributed by atoms with van der Waals surface area (Å²) in [6, 6.07) is 6.91. The summed E-state index contributed by atoms with van der Waals surface area (Å²) in [4.78, 5) is 39.3. The predicted octanol–water partition coefficient (Wildman–Crippen LogP) is 2.16. The summed E-state index contributed by atoms with van der Waals surface area (Å²) in [5.74, 6) is -2.02. The topological polar surface area (TPSA) is 77.9 Å². The highest BCUT2D eigenvalue weighted by molar-refractivity contribution is 6.07. The number of aliphatic carboxylic acids is 1. The molecule has 0 radical (unpaired) electrons. The molecule has 2 unspecified atom stereocenters. The maximum Gasteiger partial charge on any atom is 0.328 e. The van der Waals surface area contributed by atoms with Gasteiger partial charge in [0.15, 0.2) is 0 Å². The SMILES string of the molecule is C=CCN1C(=O)N(C(C(=O)O)C(C)C)C(=O)C1Cc1ccccc1. The maximum absolute atomic E-state index is 12.8. The van der Waals surface area contributed by atoms with Gasteiger partial charge in [-0.2, -0.15) is 0 Å². The quantitative estimate of drug-likeness (QED) is 0.614. The summed E-state index contributed by atoms with van der Waals surface area (Å²) in [5.41, 5.74) is 0.913. The first-order chi connectivity index (χ1) is 11.4. The van der Waals surface area contributed by atoms with Crippen molar-refractivity contribution in [2.24, 2.45) is 5.92 Å². The molecule has 1 aromatic carbocycles. The number of amides is 3. The Kier molecular flexibility index (Phi) is 5.39. The molecule has 1 fully saturated rings. The lowest BCUT2D eigenvalue weighted by Crippen LogP contribution is -2.48. The number of imide groups is 1. The fourth-order valence-corrected chi connectivity index (χ4v) is 2.99. The number of nitrogens with zero attached hydrogens (tertiary/aromatic N) is 2. The van der Waals surface area contributed by atoms with E-state index in [2.05, 4.69) is 6.58 Å². The van der Waals surface area contributed by atoms with Crippen LogP contribution in [-0.4, -0.2) is 51.4 Å². The first kappa shape index (κ1) is 17.7. The predicted molar refractivity (Wildman–Crippen MR) is 89.3 cm³/mol. The van der Waals surface area contributed by atoms with Crippen molar-refractivity contribution < 1.29 is 19.5 Å². The molecule has 0 saturated carbocycles. The van der Waals surface area contributed by atoms with Crippen LogP contribution in [0, 0.1) is 5.92 Å². The Labute approximate surface area is 141 Å². The van der Waals surface area contributed by atoms with Crippen LogP contribution in [0.25, 0.3) is 0 Å². The summed E-state index contributed by atoms with van der Waals surface area (Å²) in [5, 5.41) is 9.45. The molecule has 0 bridgehead atoms. The van der Waals surface area contributed by atoms with Crippen molar-refractivity contribution in [2.75, 3.05) is 6.54 Å². The van der Waals surface area contributed by atoms with Crippen LogP contribution in [0.3, 0.4) is 0 Å². The Hall–Kier alpha value is -2.63. The lowest BCUT2D eigenvalue weighted by atomic mass is 10.0. The van der Waals surface area contributed by atoms with Gasteiger partial charge in [0, 0.05) is 13.0 Å². The molecule has 1 saturated heterocycles. The minimum atomic E-state index is -1.18. The van der Waals surface area contributed by atoms with E-state index in [0.29, 0.717) is 6.42 Å². The lowest BCUT2D eigenvalue weighted by molar-refractivity contribution is -0.148. The third-order valence-electron chi connectivity index (χ3n) is 4.11. The van der Waals surface area contributed by atoms with Crippen LogP contribution < -0.4 is 0 Å². The smallest absolute Gasteiger partial charge is 0.328 e. The molecule has 128 valence electrons. The number of rotatable bonds is 7. The Balaban J connectivity index is 2.36. The van der Waals surface area contributed by atoms with Gasteiger partial charge in [-0.3, -0.25) is 4.79 Å². The maximum atomic E-state index is 12.8. The summed E-state index contributed by atoms with van der Waals surface area (Å²) in [7, 11) is 0. The second-order valence-corrected chi connectivity index (χ2v) is 6.16. The molecule has 1 heterocycles. The third kappa shape index (κ3) is 3.32. The number of benzene rings is 1. The molecule has 0 spiro atoms. The average Bonchev–Trinajstić information content (AvgIpc) is 2.74. The molecule has 3 amide bonds. The van der Waals surface area contributed by atoms with Gasteiger partial charge in [-0.15, -0.1) is 6.58 Å². The standard InChI is InChI=1S/C18H22N2O4/c1-4-10-19-14(11-13-8-6-5-7-9-13)16(21)20(18(19)24)15(12(2)3)17(22)23/h4-9,12,14-15H,1,10-11H2,2-3H3,(H,22,23). The molecule has 2 rings (SSSR count). The third-order valence-corrected chi connectivity index (χ3v) is 4.11. The van der Waals surface area contributed by atoms with Crippen LogP contribution in [-0.2, 0) is 16.0 Å². The Morgan fingerprint density at radius 1 is 1.29 bits per heavy atom. The number of hydrogen-bond acceptors (Lipinski definition) is 3. The van der Waals surface area contributed by atoms with E-state index >= 15 is 0 Å². The largest absolute Gasteiger partial charge is 0.480 e. The molecule has 6 heteroatoms. The van der Waals surface area contributed by atoms with Gasteiger partial charge < -0.3 is 10.0 Å². The number of urea groups is 1. The van der Waals surface area contributed by atoms with E-state index in [4.69, 9.17) is 0 Å². The van der Waals surface area contributed by atoms with Crippen molar-refractivity contribution in [2.45, 2.75) is 32.4 Å². The lowest BCUT2D eigenvalue weighted by Gasteiger charge is -2.25. The van der Waals surface area contributed by atoms with Crippen molar-refractivity contribution in [1.29, 1.82) is 0 Å². The molecule has 6 nitrogen and oxygen atoms in total. The molecule has 1 aliphatic heterocycles. The highest BCUT2D eigenvalue weighted by Gasteiger charge is 2.50. The molecule has 24 heavy (non-hydrogen) atoms. The summed E-state index contributed by atoms with van der Waals surface area (Å²) >= 11 is 0. The highest BCUT2D eigenvalue weighted by Crippen LogP contribution is 2.26. The molecule has 1 aliphatic rings. The minimum absolute atomic E-state index is 0.197. The number of carboxylic acids is 1. The number of carboxylic acid groups (broad SMARTS) is 1. The highest BCUT2D eigenvalue weighted by atomic mass is 16.4. The number of carbonyl (C=O) groups is 3. The van der Waals surface area contributed by atoms with Crippen molar-refractivity contribution in [3.8, 4) is 0 Å². The van der Waals surface area contributed by atoms with E-state index in [0.717, 1.165) is 10.5 Å². The van der Waals surface area contributed by atoms with Crippen LogP contribution in [0.15, 0.2) is 43.0 Å². The fourth-order valence-electron chi connectivity index (χ4n) is 2.99. The van der Waals surface area contributed by atoms with Gasteiger partial charge in [-0.05, 0) is 11.5 Å². The summed E-state index contributed by atoms with van der Waals surface area (Å²) in [6.45, 7) is 7.19. The van der Waals surface area contributed by atoms with E-state index in [1.807, 2.05) is 30.3 Å². The number of hydrogen-bond donors (Lipinski definition) is 1. The van der Waals surface area contributed by atoms with Gasteiger partial charge >= 0.3 is 12.0 Å². The summed E-state index contributed by atoms with van der Waals surface area (Å²) < 4.78 is 0. The molecule has 0 aliphatic carbocycles. The first-order valence-electron chi connectivity index (χ1n) is 7.89. The van der Waals surface area contributed by atoms with Crippen LogP contribution in [0.1, 0.15) is 19.4 Å². The fraction of sp³-hybridized carbons (Fsp3) is 0.389. The zero-order valence-corrected chi connectivity index (χ0v) is 13.9.